The molecule has 10 nitrogen and oxygen atoms in total. The van der Waals surface area contributed by atoms with E-state index >= 15 is 0 Å². The second kappa shape index (κ2) is 16.9. The van der Waals surface area contributed by atoms with Crippen molar-refractivity contribution in [2.45, 2.75) is 185 Å². The summed E-state index contributed by atoms with van der Waals surface area (Å²) >= 11 is 0. The van der Waals surface area contributed by atoms with Crippen LogP contribution in [0.3, 0.4) is 0 Å². The lowest BCUT2D eigenvalue weighted by atomic mass is 9.62. The lowest BCUT2D eigenvalue weighted by Gasteiger charge is -2.58. The summed E-state index contributed by atoms with van der Waals surface area (Å²) in [4.78, 5) is 56.8. The number of carboxylic acid groups (broad SMARTS) is 2. The van der Waals surface area contributed by atoms with Gasteiger partial charge in [-0.25, -0.2) is 0 Å². The van der Waals surface area contributed by atoms with Gasteiger partial charge >= 0.3 is 11.9 Å². The summed E-state index contributed by atoms with van der Waals surface area (Å²) in [5, 5.41) is 28.2. The van der Waals surface area contributed by atoms with Crippen LogP contribution < -0.4 is 10.6 Å². The van der Waals surface area contributed by atoms with Crippen LogP contribution in [0.25, 0.3) is 0 Å². The summed E-state index contributed by atoms with van der Waals surface area (Å²) in [6.07, 6.45) is 23.8. The number of nitrogens with one attached hydrogen (secondary N) is 2. The first kappa shape index (κ1) is 43.5. The Hall–Kier alpha value is -3.24. The molecule has 0 spiro atoms. The minimum atomic E-state index is -1.10. The average molecular weight is 751 g/mol. The van der Waals surface area contributed by atoms with Gasteiger partial charge in [-0.1, -0.05) is 62.1 Å². The molecule has 4 rings (SSSR count). The fourth-order valence-corrected chi connectivity index (χ4v) is 11.3. The maximum Gasteiger partial charge on any atom is 0.309 e. The summed E-state index contributed by atoms with van der Waals surface area (Å²) in [7, 11) is 0. The Morgan fingerprint density at radius 1 is 0.611 bits per heavy atom. The number of amides is 2. The lowest BCUT2D eigenvalue weighted by molar-refractivity contribution is -0.153. The maximum absolute atomic E-state index is 14.0. The van der Waals surface area contributed by atoms with Gasteiger partial charge < -0.3 is 30.6 Å². The first-order chi connectivity index (χ1) is 25.0. The van der Waals surface area contributed by atoms with Crippen LogP contribution in [0.2, 0.25) is 0 Å². The van der Waals surface area contributed by atoms with Crippen molar-refractivity contribution in [3.05, 3.63) is 48.6 Å². The molecule has 0 aromatic rings. The van der Waals surface area contributed by atoms with Gasteiger partial charge in [0.05, 0.1) is 5.41 Å². The van der Waals surface area contributed by atoms with E-state index < -0.39 is 28.4 Å². The summed E-state index contributed by atoms with van der Waals surface area (Å²) in [6.45, 7) is 18.4. The van der Waals surface area contributed by atoms with Crippen LogP contribution in [0.15, 0.2) is 48.6 Å². The fourth-order valence-electron chi connectivity index (χ4n) is 11.3. The summed E-state index contributed by atoms with van der Waals surface area (Å²) in [5.41, 5.74) is -3.46. The number of aliphatic carboxylic acids is 2. The van der Waals surface area contributed by atoms with E-state index in [4.69, 9.17) is 5.11 Å². The van der Waals surface area contributed by atoms with Gasteiger partial charge in [-0.05, 0) is 120 Å². The highest BCUT2D eigenvalue weighted by Crippen LogP contribution is 2.50. The summed E-state index contributed by atoms with van der Waals surface area (Å²) in [6, 6.07) is 0. The number of carbonyl (C=O) groups excluding carboxylic acids is 2. The lowest BCUT2D eigenvalue weighted by Crippen LogP contribution is -2.69. The quantitative estimate of drug-likeness (QED) is 0.111. The number of hydrogen-bond donors (Lipinski definition) is 4. The molecule has 0 radical (unpaired) electrons. The number of carboxylic acids is 2. The molecule has 54 heavy (non-hydrogen) atoms. The van der Waals surface area contributed by atoms with E-state index in [2.05, 4.69) is 66.0 Å². The molecule has 302 valence electrons. The number of allylic oxidation sites excluding steroid dienone is 4. The number of nitrogens with zero attached hydrogens (tertiary/aromatic N) is 2. The average Bonchev–Trinajstić information content (AvgIpc) is 3.38. The van der Waals surface area contributed by atoms with Crippen molar-refractivity contribution < 1.29 is 29.4 Å². The first-order valence-corrected chi connectivity index (χ1v) is 20.4. The van der Waals surface area contributed by atoms with Crippen molar-refractivity contribution in [1.29, 1.82) is 0 Å². The maximum atomic E-state index is 14.0. The highest BCUT2D eigenvalue weighted by Gasteiger charge is 2.55. The molecule has 4 heterocycles. The van der Waals surface area contributed by atoms with Crippen molar-refractivity contribution in [3.8, 4) is 0 Å². The Labute approximate surface area is 325 Å². The van der Waals surface area contributed by atoms with Gasteiger partial charge in [-0.3, -0.25) is 19.2 Å². The zero-order chi connectivity index (χ0) is 40.1. The highest BCUT2D eigenvalue weighted by atomic mass is 16.4. The van der Waals surface area contributed by atoms with Crippen LogP contribution >= 0.6 is 0 Å². The van der Waals surface area contributed by atoms with Crippen LogP contribution in [0.1, 0.15) is 152 Å². The van der Waals surface area contributed by atoms with Crippen molar-refractivity contribution in [2.24, 2.45) is 5.41 Å². The van der Waals surface area contributed by atoms with Gasteiger partial charge in [0, 0.05) is 64.9 Å². The normalized spacial score (nSPS) is 23.9. The van der Waals surface area contributed by atoms with Gasteiger partial charge in [-0.15, -0.1) is 0 Å². The molecule has 0 bridgehead atoms. The molecule has 2 saturated heterocycles. The van der Waals surface area contributed by atoms with Crippen molar-refractivity contribution >= 4 is 23.8 Å². The Bertz CT molecular complexity index is 1380. The van der Waals surface area contributed by atoms with Gasteiger partial charge in [-0.2, -0.15) is 0 Å². The standard InChI is InChI=1S/C44H70N4O6/c1-38(2)30-43(31-39(3,4)45-38,47-28-18-12-14-20-34(47)49)26-24-42(37(53)54,23-17-11-9-10-16-22-36(51)52)25-27-44(48-29-19-13-15-21-35(48)50)32-40(5,6)46-41(7,8)33-44/h12-15,18-21,45-46H,9-11,16-17,22-33H2,1-8H3,(H,51,52)(H,53,54). The van der Waals surface area contributed by atoms with E-state index in [0.717, 1.165) is 19.3 Å². The third-order valence-electron chi connectivity index (χ3n) is 12.3. The largest absolute Gasteiger partial charge is 0.481 e. The Kier molecular flexibility index (Phi) is 13.6. The SMILES string of the molecule is CC1(C)CC(CCC(CCCCCCCC(=O)O)(CCC2(N3CC=CC=CC3=O)CC(C)(C)NC(C)(C)C2)C(=O)O)(N2CC=CC=CC2=O)CC(C)(C)N1. The second-order valence-corrected chi connectivity index (χ2v) is 19.7. The topological polar surface area (TPSA) is 139 Å². The molecule has 2 amide bonds. The predicted octanol–water partition coefficient (Wildman–Crippen LogP) is 7.70. The molecule has 0 unspecified atom stereocenters. The molecule has 0 aromatic heterocycles. The van der Waals surface area contributed by atoms with E-state index in [-0.39, 0.29) is 40.4 Å². The predicted molar refractivity (Wildman–Crippen MR) is 215 cm³/mol. The van der Waals surface area contributed by atoms with Crippen molar-refractivity contribution in [2.75, 3.05) is 13.1 Å². The Balaban J connectivity index is 1.75. The van der Waals surface area contributed by atoms with E-state index in [0.29, 0.717) is 83.7 Å². The van der Waals surface area contributed by atoms with Gasteiger partial charge in [0.25, 0.3) is 0 Å². The van der Waals surface area contributed by atoms with E-state index in [9.17, 15) is 24.3 Å². The zero-order valence-corrected chi connectivity index (χ0v) is 34.6. The third kappa shape index (κ3) is 11.2. The molecular formula is C44H70N4O6. The molecule has 4 aliphatic heterocycles. The number of carbonyl (C=O) groups is 4. The molecule has 0 aromatic carbocycles. The molecule has 2 fully saturated rings. The number of unbranched alkanes of at least 4 members (excludes halogenated alkanes) is 4. The van der Waals surface area contributed by atoms with Crippen LogP contribution in [0.4, 0.5) is 0 Å². The van der Waals surface area contributed by atoms with Crippen LogP contribution in [-0.2, 0) is 19.2 Å². The number of piperidine rings is 2. The third-order valence-corrected chi connectivity index (χ3v) is 12.3. The van der Waals surface area contributed by atoms with E-state index in [1.807, 2.05) is 34.1 Å². The first-order valence-electron chi connectivity index (χ1n) is 20.4. The summed E-state index contributed by atoms with van der Waals surface area (Å²) in [5.74, 6) is -1.70. The molecule has 4 N–H and O–H groups in total. The Morgan fingerprint density at radius 3 is 1.39 bits per heavy atom. The molecule has 0 aliphatic carbocycles. The van der Waals surface area contributed by atoms with Gasteiger partial charge in [0.1, 0.15) is 0 Å². The monoisotopic (exact) mass is 751 g/mol. The Morgan fingerprint density at radius 2 is 1.00 bits per heavy atom. The number of rotatable bonds is 17. The molecule has 0 saturated carbocycles. The molecule has 0 atom stereocenters. The fraction of sp³-hybridized carbons (Fsp3) is 0.727. The molecule has 10 heteroatoms. The van der Waals surface area contributed by atoms with Gasteiger partial charge in [0.15, 0.2) is 0 Å². The van der Waals surface area contributed by atoms with E-state index in [1.54, 1.807) is 24.3 Å². The zero-order valence-electron chi connectivity index (χ0n) is 34.6. The van der Waals surface area contributed by atoms with Gasteiger partial charge in [0.2, 0.25) is 11.8 Å². The molecule has 4 aliphatic rings. The smallest absolute Gasteiger partial charge is 0.309 e. The highest BCUT2D eigenvalue weighted by molar-refractivity contribution is 5.89. The van der Waals surface area contributed by atoms with Crippen molar-refractivity contribution in [3.63, 3.8) is 0 Å². The van der Waals surface area contributed by atoms with Crippen LogP contribution in [0.5, 0.6) is 0 Å². The summed E-state index contributed by atoms with van der Waals surface area (Å²) < 4.78 is 0. The van der Waals surface area contributed by atoms with Crippen molar-refractivity contribution in [1.82, 2.24) is 20.4 Å². The van der Waals surface area contributed by atoms with Crippen LogP contribution in [-0.4, -0.2) is 90.1 Å². The minimum absolute atomic E-state index is 0.0466. The van der Waals surface area contributed by atoms with E-state index in [1.165, 1.54) is 0 Å². The molecular weight excluding hydrogens is 681 g/mol. The minimum Gasteiger partial charge on any atom is -0.481 e. The number of hydrogen-bond acceptors (Lipinski definition) is 6. The van der Waals surface area contributed by atoms with Crippen LogP contribution in [0, 0.1) is 5.41 Å². The second-order valence-electron chi connectivity index (χ2n) is 19.7.